The van der Waals surface area contributed by atoms with Crippen molar-refractivity contribution in [1.29, 1.82) is 0 Å². The molecule has 0 spiro atoms. The van der Waals surface area contributed by atoms with Gasteiger partial charge in [-0.3, -0.25) is 19.2 Å². The van der Waals surface area contributed by atoms with Gasteiger partial charge < -0.3 is 36.8 Å². The van der Waals surface area contributed by atoms with Crippen LogP contribution in [0.5, 0.6) is 5.75 Å². The number of nitrogens with one attached hydrogen (secondary N) is 1. The minimum atomic E-state index is -5.08. The molecule has 12 nitrogen and oxygen atoms in total. The highest BCUT2D eigenvalue weighted by Crippen LogP contribution is 2.23. The van der Waals surface area contributed by atoms with Gasteiger partial charge >= 0.3 is 12.1 Å². The molecule has 4 atom stereocenters. The van der Waals surface area contributed by atoms with Crippen LogP contribution in [0.4, 0.5) is 13.2 Å². The number of amides is 4. The minimum absolute atomic E-state index is 0.0511. The number of likely N-dealkylation sites (tertiary alicyclic amines) is 2. The van der Waals surface area contributed by atoms with E-state index in [1.54, 1.807) is 29.2 Å². The molecule has 2 fully saturated rings. The number of nitrogens with two attached hydrogens (primary N) is 2. The Bertz CT molecular complexity index is 1370. The van der Waals surface area contributed by atoms with Crippen molar-refractivity contribution < 1.29 is 47.4 Å². The fourth-order valence-electron chi connectivity index (χ4n) is 5.57. The van der Waals surface area contributed by atoms with Gasteiger partial charge in [-0.05, 0) is 55.4 Å². The van der Waals surface area contributed by atoms with Crippen LogP contribution in [-0.2, 0) is 36.8 Å². The van der Waals surface area contributed by atoms with Gasteiger partial charge in [0.25, 0.3) is 0 Å². The van der Waals surface area contributed by atoms with E-state index in [0.717, 1.165) is 17.5 Å². The van der Waals surface area contributed by atoms with Gasteiger partial charge in [0, 0.05) is 32.0 Å². The molecule has 4 rings (SSSR count). The summed E-state index contributed by atoms with van der Waals surface area (Å²) >= 11 is 0. The first-order chi connectivity index (χ1) is 21.7. The average Bonchev–Trinajstić information content (AvgIpc) is 3.68. The summed E-state index contributed by atoms with van der Waals surface area (Å²) in [5.41, 5.74) is 13.5. The number of alkyl halides is 3. The Morgan fingerprint density at radius 2 is 1.43 bits per heavy atom. The number of phenols is 1. The largest absolute Gasteiger partial charge is 0.508 e. The fraction of sp³-hybridized carbons (Fsp3) is 0.452. The maximum atomic E-state index is 13.5. The van der Waals surface area contributed by atoms with Crippen LogP contribution in [0.25, 0.3) is 0 Å². The number of rotatable bonds is 10. The number of carbonyl (C=O) groups excluding carboxylic acids is 4. The Morgan fingerprint density at radius 1 is 0.870 bits per heavy atom. The van der Waals surface area contributed by atoms with E-state index in [1.165, 1.54) is 4.90 Å². The van der Waals surface area contributed by atoms with E-state index in [9.17, 15) is 37.5 Å². The summed E-state index contributed by atoms with van der Waals surface area (Å²) in [6, 6.07) is 13.3. The van der Waals surface area contributed by atoms with Crippen LogP contribution in [0, 0.1) is 0 Å². The van der Waals surface area contributed by atoms with Gasteiger partial charge in [-0.1, -0.05) is 42.5 Å². The zero-order valence-corrected chi connectivity index (χ0v) is 25.0. The monoisotopic (exact) mass is 649 g/mol. The highest BCUT2D eigenvalue weighted by atomic mass is 19.4. The van der Waals surface area contributed by atoms with E-state index in [4.69, 9.17) is 21.4 Å². The van der Waals surface area contributed by atoms with Crippen LogP contribution in [0.3, 0.4) is 0 Å². The number of phenolic OH excluding ortho intramolecular Hbond substituents is 1. The van der Waals surface area contributed by atoms with Gasteiger partial charge in [-0.15, -0.1) is 0 Å². The summed E-state index contributed by atoms with van der Waals surface area (Å²) in [7, 11) is 0. The maximum Gasteiger partial charge on any atom is 0.490 e. The van der Waals surface area contributed by atoms with Crippen LogP contribution in [-0.4, -0.2) is 93.0 Å². The van der Waals surface area contributed by atoms with Crippen molar-refractivity contribution >= 4 is 29.6 Å². The Balaban J connectivity index is 0.000000738. The van der Waals surface area contributed by atoms with Crippen molar-refractivity contribution in [2.75, 3.05) is 13.1 Å². The lowest BCUT2D eigenvalue weighted by Gasteiger charge is -2.30. The second-order valence-corrected chi connectivity index (χ2v) is 11.2. The van der Waals surface area contributed by atoms with Crippen molar-refractivity contribution in [2.24, 2.45) is 11.5 Å². The summed E-state index contributed by atoms with van der Waals surface area (Å²) in [4.78, 5) is 63.9. The molecule has 15 heteroatoms. The molecule has 2 aliphatic rings. The molecule has 0 saturated carbocycles. The molecule has 46 heavy (non-hydrogen) atoms. The van der Waals surface area contributed by atoms with Gasteiger partial charge in [0.15, 0.2) is 0 Å². The molecule has 250 valence electrons. The minimum Gasteiger partial charge on any atom is -0.508 e. The van der Waals surface area contributed by atoms with Crippen LogP contribution in [0.1, 0.15) is 43.2 Å². The molecule has 0 aromatic heterocycles. The molecule has 2 aromatic rings. The van der Waals surface area contributed by atoms with E-state index in [1.807, 2.05) is 30.3 Å². The number of halogens is 3. The summed E-state index contributed by atoms with van der Waals surface area (Å²) in [5.74, 6) is -4.05. The first kappa shape index (κ1) is 35.8. The zero-order valence-electron chi connectivity index (χ0n) is 25.0. The number of carboxylic acid groups (broad SMARTS) is 1. The van der Waals surface area contributed by atoms with Gasteiger partial charge in [0.2, 0.25) is 23.6 Å². The van der Waals surface area contributed by atoms with Crippen molar-refractivity contribution in [3.63, 3.8) is 0 Å². The first-order valence-corrected chi connectivity index (χ1v) is 14.7. The molecular weight excluding hydrogens is 611 g/mol. The lowest BCUT2D eigenvalue weighted by Crippen LogP contribution is -2.54. The number of benzene rings is 2. The summed E-state index contributed by atoms with van der Waals surface area (Å²) in [6.45, 7) is 0.928. The summed E-state index contributed by atoms with van der Waals surface area (Å²) < 4.78 is 31.7. The fourth-order valence-corrected chi connectivity index (χ4v) is 5.57. The predicted molar refractivity (Wildman–Crippen MR) is 159 cm³/mol. The number of carboxylic acids is 1. The Kier molecular flexibility index (Phi) is 12.5. The van der Waals surface area contributed by atoms with Crippen LogP contribution in [0.15, 0.2) is 54.6 Å². The zero-order chi connectivity index (χ0) is 34.0. The number of hydrogen-bond acceptors (Lipinski definition) is 7. The third-order valence-corrected chi connectivity index (χ3v) is 7.81. The van der Waals surface area contributed by atoms with Crippen LogP contribution < -0.4 is 16.8 Å². The third kappa shape index (κ3) is 10.2. The van der Waals surface area contributed by atoms with Crippen molar-refractivity contribution in [2.45, 2.75) is 75.3 Å². The van der Waals surface area contributed by atoms with Gasteiger partial charge in [0.1, 0.15) is 17.8 Å². The number of primary amides is 1. The standard InChI is InChI=1S/C29H37N5O5.C2HF3O2/c30-23(16-20-10-12-22(35)13-11-20)28(38)33-14-4-8-21(33)18-26(36)32-24(17-19-6-2-1-3-7-19)29(39)34-15-5-9-25(34)27(31)37;3-2(4,5)1(6)7/h1-3,6-7,10-13,21,23-25,35H,4-5,8-9,14-18,30H2,(H2,31,37)(H,32,36);(H,6,7)/t21-,23+,24+,25+;/m1./s1. The van der Waals surface area contributed by atoms with Crippen molar-refractivity contribution in [3.8, 4) is 5.75 Å². The Hall–Kier alpha value is -4.66. The predicted octanol–water partition coefficient (Wildman–Crippen LogP) is 1.48. The van der Waals surface area contributed by atoms with E-state index in [0.29, 0.717) is 38.8 Å². The molecule has 7 N–H and O–H groups in total. The smallest absolute Gasteiger partial charge is 0.490 e. The van der Waals surface area contributed by atoms with E-state index in [-0.39, 0.29) is 42.4 Å². The van der Waals surface area contributed by atoms with Crippen molar-refractivity contribution in [1.82, 2.24) is 15.1 Å². The SMILES string of the molecule is NC(=O)[C@@H]1CCCN1C(=O)[C@H](Cc1ccccc1)NC(=O)C[C@H]1CCCN1C(=O)[C@@H](N)Cc1ccc(O)cc1.O=C(O)C(F)(F)F. The van der Waals surface area contributed by atoms with E-state index < -0.39 is 36.2 Å². The highest BCUT2D eigenvalue weighted by Gasteiger charge is 2.39. The molecule has 0 bridgehead atoms. The maximum absolute atomic E-state index is 13.5. The molecule has 0 unspecified atom stereocenters. The average molecular weight is 650 g/mol. The quantitative estimate of drug-likeness (QED) is 0.255. The van der Waals surface area contributed by atoms with Crippen LogP contribution >= 0.6 is 0 Å². The molecule has 2 saturated heterocycles. The molecular formula is C31H38F3N5O7. The lowest BCUT2D eigenvalue weighted by atomic mass is 10.0. The number of nitrogens with zero attached hydrogens (tertiary/aromatic N) is 2. The van der Waals surface area contributed by atoms with Crippen LogP contribution in [0.2, 0.25) is 0 Å². The molecule has 2 aliphatic heterocycles. The number of hydrogen-bond donors (Lipinski definition) is 5. The highest BCUT2D eigenvalue weighted by molar-refractivity contribution is 5.92. The number of aliphatic carboxylic acids is 1. The number of carbonyl (C=O) groups is 5. The molecule has 2 aromatic carbocycles. The first-order valence-electron chi connectivity index (χ1n) is 14.7. The molecule has 4 amide bonds. The van der Waals surface area contributed by atoms with E-state index in [2.05, 4.69) is 5.32 Å². The third-order valence-electron chi connectivity index (χ3n) is 7.81. The second-order valence-electron chi connectivity index (χ2n) is 11.2. The second kappa shape index (κ2) is 16.1. The topological polar surface area (TPSA) is 196 Å². The van der Waals surface area contributed by atoms with E-state index >= 15 is 0 Å². The van der Waals surface area contributed by atoms with Gasteiger partial charge in [-0.25, -0.2) is 4.79 Å². The lowest BCUT2D eigenvalue weighted by molar-refractivity contribution is -0.192. The molecule has 0 radical (unpaired) electrons. The van der Waals surface area contributed by atoms with Gasteiger partial charge in [0.05, 0.1) is 6.04 Å². The summed E-state index contributed by atoms with van der Waals surface area (Å²) in [5, 5.41) is 19.5. The molecule has 0 aliphatic carbocycles. The normalized spacial score (nSPS) is 19.0. The van der Waals surface area contributed by atoms with Gasteiger partial charge in [-0.2, -0.15) is 13.2 Å². The molecule has 2 heterocycles. The number of aromatic hydroxyl groups is 1. The summed E-state index contributed by atoms with van der Waals surface area (Å²) in [6.07, 6.45) is -1.83. The Labute approximate surface area is 263 Å². The van der Waals surface area contributed by atoms with Crippen molar-refractivity contribution in [3.05, 3.63) is 65.7 Å². The Morgan fingerprint density at radius 3 is 2.02 bits per heavy atom.